The van der Waals surface area contributed by atoms with E-state index in [0.29, 0.717) is 23.0 Å². The quantitative estimate of drug-likeness (QED) is 0.766. The van der Waals surface area contributed by atoms with Gasteiger partial charge in [-0.3, -0.25) is 4.79 Å². The number of carbonyl (C=O) groups is 1. The summed E-state index contributed by atoms with van der Waals surface area (Å²) in [6.45, 7) is 6.41. The molecule has 0 radical (unpaired) electrons. The third-order valence-electron chi connectivity index (χ3n) is 2.50. The fourth-order valence-corrected chi connectivity index (χ4v) is 2.18. The molecule has 1 rings (SSSR count). The molecule has 0 aliphatic rings. The van der Waals surface area contributed by atoms with Crippen molar-refractivity contribution in [2.24, 2.45) is 0 Å². The van der Waals surface area contributed by atoms with Crippen LogP contribution >= 0.6 is 23.2 Å². The van der Waals surface area contributed by atoms with Gasteiger partial charge in [-0.15, -0.1) is 11.6 Å². The van der Waals surface area contributed by atoms with E-state index in [1.165, 1.54) is 0 Å². The third-order valence-corrected chi connectivity index (χ3v) is 2.89. The normalized spacial score (nSPS) is 10.7. The molecule has 0 unspecified atom stereocenters. The minimum atomic E-state index is -0.0220. The molecule has 94 valence electrons. The average molecular weight is 274 g/mol. The van der Waals surface area contributed by atoms with Crippen molar-refractivity contribution >= 4 is 29.1 Å². The highest BCUT2D eigenvalue weighted by Crippen LogP contribution is 2.17. The lowest BCUT2D eigenvalue weighted by Crippen LogP contribution is -2.38. The molecule has 0 atom stereocenters. The molecule has 0 saturated carbocycles. The van der Waals surface area contributed by atoms with Crippen LogP contribution in [0.25, 0.3) is 0 Å². The van der Waals surface area contributed by atoms with E-state index in [1.54, 1.807) is 11.0 Å². The van der Waals surface area contributed by atoms with E-state index in [9.17, 15) is 4.79 Å². The minimum Gasteiger partial charge on any atom is -0.335 e. The fraction of sp³-hybridized carbons (Fsp3) is 0.462. The molecule has 0 saturated heterocycles. The Labute approximate surface area is 113 Å². The summed E-state index contributed by atoms with van der Waals surface area (Å²) in [4.78, 5) is 14.0. The summed E-state index contributed by atoms with van der Waals surface area (Å²) < 4.78 is 0. The minimum absolute atomic E-state index is 0.0220. The number of amides is 1. The van der Waals surface area contributed by atoms with Crippen LogP contribution in [-0.2, 0) is 0 Å². The molecule has 1 aromatic carbocycles. The first-order chi connectivity index (χ1) is 7.95. The molecular weight excluding hydrogens is 257 g/mol. The summed E-state index contributed by atoms with van der Waals surface area (Å²) in [5.41, 5.74) is 1.60. The molecule has 0 N–H and O–H groups in total. The highest BCUT2D eigenvalue weighted by molar-refractivity contribution is 6.31. The Morgan fingerprint density at radius 1 is 1.35 bits per heavy atom. The summed E-state index contributed by atoms with van der Waals surface area (Å²) in [5, 5.41) is 0.586. The van der Waals surface area contributed by atoms with E-state index in [0.717, 1.165) is 5.56 Å². The Hall–Kier alpha value is -0.730. The number of hydrogen-bond acceptors (Lipinski definition) is 1. The number of benzene rings is 1. The molecule has 17 heavy (non-hydrogen) atoms. The molecule has 0 aliphatic heterocycles. The van der Waals surface area contributed by atoms with Gasteiger partial charge in [0.1, 0.15) is 0 Å². The lowest BCUT2D eigenvalue weighted by Gasteiger charge is -2.26. The van der Waals surface area contributed by atoms with Gasteiger partial charge in [0.2, 0.25) is 0 Å². The zero-order chi connectivity index (χ0) is 13.0. The second kappa shape index (κ2) is 6.27. The molecule has 2 nitrogen and oxygen atoms in total. The number of rotatable bonds is 4. The molecule has 0 aromatic heterocycles. The van der Waals surface area contributed by atoms with Gasteiger partial charge >= 0.3 is 0 Å². The zero-order valence-electron chi connectivity index (χ0n) is 10.3. The maximum absolute atomic E-state index is 12.3. The smallest absolute Gasteiger partial charge is 0.254 e. The van der Waals surface area contributed by atoms with E-state index in [4.69, 9.17) is 23.2 Å². The van der Waals surface area contributed by atoms with Gasteiger partial charge in [0.05, 0.1) is 0 Å². The fourth-order valence-electron chi connectivity index (χ4n) is 1.71. The van der Waals surface area contributed by atoms with Crippen molar-refractivity contribution in [2.75, 3.05) is 12.4 Å². The summed E-state index contributed by atoms with van der Waals surface area (Å²) >= 11 is 11.7. The van der Waals surface area contributed by atoms with E-state index in [2.05, 4.69) is 0 Å². The monoisotopic (exact) mass is 273 g/mol. The average Bonchev–Trinajstić information content (AvgIpc) is 2.23. The van der Waals surface area contributed by atoms with Crippen molar-refractivity contribution in [3.8, 4) is 0 Å². The SMILES string of the molecule is Cc1cc(Cl)cc(C(=O)N(CCCl)C(C)C)c1. The van der Waals surface area contributed by atoms with Gasteiger partial charge in [0.25, 0.3) is 5.91 Å². The van der Waals surface area contributed by atoms with Crippen molar-refractivity contribution < 1.29 is 4.79 Å². The summed E-state index contributed by atoms with van der Waals surface area (Å²) in [6, 6.07) is 5.50. The van der Waals surface area contributed by atoms with Gasteiger partial charge in [-0.05, 0) is 44.5 Å². The van der Waals surface area contributed by atoms with Crippen molar-refractivity contribution in [3.63, 3.8) is 0 Å². The lowest BCUT2D eigenvalue weighted by atomic mass is 10.1. The summed E-state index contributed by atoms with van der Waals surface area (Å²) in [7, 11) is 0. The molecule has 0 aliphatic carbocycles. The number of hydrogen-bond donors (Lipinski definition) is 0. The maximum atomic E-state index is 12.3. The number of halogens is 2. The Morgan fingerprint density at radius 3 is 2.47 bits per heavy atom. The van der Waals surface area contributed by atoms with E-state index < -0.39 is 0 Å². The zero-order valence-corrected chi connectivity index (χ0v) is 11.8. The van der Waals surface area contributed by atoms with Crippen LogP contribution in [0.5, 0.6) is 0 Å². The van der Waals surface area contributed by atoms with E-state index in [-0.39, 0.29) is 11.9 Å². The Balaban J connectivity index is 3.00. The molecule has 1 aromatic rings. The highest BCUT2D eigenvalue weighted by Gasteiger charge is 2.18. The second-order valence-electron chi connectivity index (χ2n) is 4.30. The lowest BCUT2D eigenvalue weighted by molar-refractivity contribution is 0.0718. The molecule has 0 bridgehead atoms. The van der Waals surface area contributed by atoms with E-state index >= 15 is 0 Å². The highest BCUT2D eigenvalue weighted by atomic mass is 35.5. The summed E-state index contributed by atoms with van der Waals surface area (Å²) in [6.07, 6.45) is 0. The summed E-state index contributed by atoms with van der Waals surface area (Å²) in [5.74, 6) is 0.412. The number of carbonyl (C=O) groups excluding carboxylic acids is 1. The van der Waals surface area contributed by atoms with Gasteiger partial charge < -0.3 is 4.90 Å². The van der Waals surface area contributed by atoms with Crippen molar-refractivity contribution in [3.05, 3.63) is 34.3 Å². The van der Waals surface area contributed by atoms with Gasteiger partial charge in [0, 0.05) is 29.1 Å². The predicted molar refractivity (Wildman–Crippen MR) is 73.1 cm³/mol. The van der Waals surface area contributed by atoms with Crippen LogP contribution < -0.4 is 0 Å². The molecule has 0 heterocycles. The first-order valence-corrected chi connectivity index (χ1v) is 6.51. The molecule has 4 heteroatoms. The van der Waals surface area contributed by atoms with Crippen molar-refractivity contribution in [1.29, 1.82) is 0 Å². The maximum Gasteiger partial charge on any atom is 0.254 e. The second-order valence-corrected chi connectivity index (χ2v) is 5.11. The van der Waals surface area contributed by atoms with Crippen LogP contribution in [0.4, 0.5) is 0 Å². The molecule has 0 fully saturated rings. The first-order valence-electron chi connectivity index (χ1n) is 5.60. The Morgan fingerprint density at radius 2 is 2.00 bits per heavy atom. The molecule has 1 amide bonds. The number of nitrogens with zero attached hydrogens (tertiary/aromatic N) is 1. The van der Waals surface area contributed by atoms with Gasteiger partial charge in [-0.25, -0.2) is 0 Å². The van der Waals surface area contributed by atoms with E-state index in [1.807, 2.05) is 32.9 Å². The predicted octanol–water partition coefficient (Wildman–Crippen LogP) is 3.74. The standard InChI is InChI=1S/C13H17Cl2NO/c1-9(2)16(5-4-14)13(17)11-6-10(3)7-12(15)8-11/h6-9H,4-5H2,1-3H3. The largest absolute Gasteiger partial charge is 0.335 e. The number of alkyl halides is 1. The third kappa shape index (κ3) is 3.90. The first kappa shape index (κ1) is 14.3. The topological polar surface area (TPSA) is 20.3 Å². The van der Waals surface area contributed by atoms with Crippen LogP contribution in [0.1, 0.15) is 29.8 Å². The van der Waals surface area contributed by atoms with Crippen molar-refractivity contribution in [2.45, 2.75) is 26.8 Å². The Bertz CT molecular complexity index is 384. The van der Waals surface area contributed by atoms with Crippen LogP contribution in [0, 0.1) is 6.92 Å². The van der Waals surface area contributed by atoms with Crippen LogP contribution in [0.2, 0.25) is 5.02 Å². The van der Waals surface area contributed by atoms with Crippen LogP contribution in [0.3, 0.4) is 0 Å². The van der Waals surface area contributed by atoms with Crippen LogP contribution in [-0.4, -0.2) is 29.3 Å². The van der Waals surface area contributed by atoms with Gasteiger partial charge in [0.15, 0.2) is 0 Å². The molecule has 0 spiro atoms. The van der Waals surface area contributed by atoms with Gasteiger partial charge in [-0.1, -0.05) is 11.6 Å². The molecular formula is C13H17Cl2NO. The van der Waals surface area contributed by atoms with Gasteiger partial charge in [-0.2, -0.15) is 0 Å². The number of aryl methyl sites for hydroxylation is 1. The van der Waals surface area contributed by atoms with Crippen LogP contribution in [0.15, 0.2) is 18.2 Å². The Kier molecular flexibility index (Phi) is 5.29. The van der Waals surface area contributed by atoms with Crippen molar-refractivity contribution in [1.82, 2.24) is 4.90 Å².